The maximum atomic E-state index is 13.0. The molecule has 1 N–H and O–H groups in total. The van der Waals surface area contributed by atoms with Gasteiger partial charge < -0.3 is 9.47 Å². The second kappa shape index (κ2) is 9.99. The van der Waals surface area contributed by atoms with Crippen LogP contribution in [0.25, 0.3) is 5.57 Å². The van der Waals surface area contributed by atoms with Crippen LogP contribution in [0.2, 0.25) is 0 Å². The minimum absolute atomic E-state index is 0.189. The molecule has 2 aromatic carbocycles. The molecular formula is C24H27NO6S. The van der Waals surface area contributed by atoms with E-state index in [9.17, 15) is 18.0 Å². The molecule has 2 atom stereocenters. The average Bonchev–Trinajstić information content (AvgIpc) is 2.73. The molecular weight excluding hydrogens is 430 g/mol. The van der Waals surface area contributed by atoms with Gasteiger partial charge >= 0.3 is 5.97 Å². The van der Waals surface area contributed by atoms with Crippen molar-refractivity contribution in [3.8, 4) is 5.75 Å². The SMILES string of the molecule is CCOC(=O)C1C(=O)C=C(c2cccc(NS(C)(=O)=O)c2)CC1c1ccc(OCC)cc1. The zero-order chi connectivity index (χ0) is 23.3. The van der Waals surface area contributed by atoms with Crippen molar-refractivity contribution in [2.24, 2.45) is 5.92 Å². The van der Waals surface area contributed by atoms with Gasteiger partial charge in [0.15, 0.2) is 5.78 Å². The zero-order valence-corrected chi connectivity index (χ0v) is 19.1. The molecule has 7 nitrogen and oxygen atoms in total. The van der Waals surface area contributed by atoms with Gasteiger partial charge in [-0.2, -0.15) is 0 Å². The highest BCUT2D eigenvalue weighted by Crippen LogP contribution is 2.41. The largest absolute Gasteiger partial charge is 0.494 e. The molecule has 0 amide bonds. The number of nitrogens with one attached hydrogen (secondary N) is 1. The molecule has 0 fully saturated rings. The number of carbonyl (C=O) groups excluding carboxylic acids is 2. The van der Waals surface area contributed by atoms with E-state index in [1.54, 1.807) is 25.1 Å². The van der Waals surface area contributed by atoms with E-state index >= 15 is 0 Å². The van der Waals surface area contributed by atoms with Crippen molar-refractivity contribution in [3.05, 3.63) is 65.7 Å². The molecule has 0 radical (unpaired) electrons. The van der Waals surface area contributed by atoms with Gasteiger partial charge in [0.1, 0.15) is 11.7 Å². The van der Waals surface area contributed by atoms with Gasteiger partial charge in [0.2, 0.25) is 10.0 Å². The standard InChI is InChI=1S/C24H27NO6S/c1-4-30-20-11-9-16(10-12-20)21-14-18(15-22(26)23(21)24(27)31-5-2)17-7-6-8-19(13-17)25-32(3,28)29/h6-13,15,21,23,25H,4-5,14H2,1-3H3. The second-order valence-electron chi connectivity index (χ2n) is 7.57. The summed E-state index contributed by atoms with van der Waals surface area (Å²) in [6.45, 7) is 4.33. The minimum atomic E-state index is -3.43. The van der Waals surface area contributed by atoms with Crippen LogP contribution in [0.15, 0.2) is 54.6 Å². The van der Waals surface area contributed by atoms with Crippen molar-refractivity contribution in [2.45, 2.75) is 26.2 Å². The molecule has 2 aromatic rings. The van der Waals surface area contributed by atoms with Crippen molar-refractivity contribution in [3.63, 3.8) is 0 Å². The molecule has 3 rings (SSSR count). The Morgan fingerprint density at radius 3 is 2.44 bits per heavy atom. The summed E-state index contributed by atoms with van der Waals surface area (Å²) in [6, 6.07) is 14.2. The Morgan fingerprint density at radius 1 is 1.09 bits per heavy atom. The normalized spacial score (nSPS) is 18.6. The monoisotopic (exact) mass is 457 g/mol. The lowest BCUT2D eigenvalue weighted by Crippen LogP contribution is -2.34. The van der Waals surface area contributed by atoms with Crippen LogP contribution in [0.5, 0.6) is 5.75 Å². The molecule has 0 aliphatic heterocycles. The number of benzene rings is 2. The van der Waals surface area contributed by atoms with Gasteiger partial charge in [0.25, 0.3) is 0 Å². The first-order valence-electron chi connectivity index (χ1n) is 10.4. The third-order valence-electron chi connectivity index (χ3n) is 5.16. The second-order valence-corrected chi connectivity index (χ2v) is 9.32. The van der Waals surface area contributed by atoms with E-state index in [-0.39, 0.29) is 12.4 Å². The summed E-state index contributed by atoms with van der Waals surface area (Å²) in [4.78, 5) is 25.7. The maximum Gasteiger partial charge on any atom is 0.317 e. The molecule has 1 aliphatic rings. The third-order valence-corrected chi connectivity index (χ3v) is 5.77. The summed E-state index contributed by atoms with van der Waals surface area (Å²) in [6.07, 6.45) is 2.96. The minimum Gasteiger partial charge on any atom is -0.494 e. The Bertz CT molecular complexity index is 1120. The molecule has 32 heavy (non-hydrogen) atoms. The van der Waals surface area contributed by atoms with Gasteiger partial charge in [-0.3, -0.25) is 14.3 Å². The lowest BCUT2D eigenvalue weighted by Gasteiger charge is -2.29. The van der Waals surface area contributed by atoms with Crippen molar-refractivity contribution in [2.75, 3.05) is 24.2 Å². The number of ketones is 1. The first-order chi connectivity index (χ1) is 15.2. The Morgan fingerprint density at radius 2 is 1.81 bits per heavy atom. The zero-order valence-electron chi connectivity index (χ0n) is 18.3. The van der Waals surface area contributed by atoms with E-state index < -0.39 is 27.8 Å². The van der Waals surface area contributed by atoms with Gasteiger partial charge in [-0.1, -0.05) is 24.3 Å². The van der Waals surface area contributed by atoms with Crippen molar-refractivity contribution < 1.29 is 27.5 Å². The van der Waals surface area contributed by atoms with Crippen molar-refractivity contribution in [1.82, 2.24) is 0 Å². The quantitative estimate of drug-likeness (QED) is 0.479. The van der Waals surface area contributed by atoms with Crippen LogP contribution in [0.1, 0.15) is 37.3 Å². The molecule has 0 heterocycles. The topological polar surface area (TPSA) is 98.8 Å². The van der Waals surface area contributed by atoms with Crippen molar-refractivity contribution >= 4 is 33.0 Å². The smallest absolute Gasteiger partial charge is 0.317 e. The lowest BCUT2D eigenvalue weighted by molar-refractivity contribution is -0.151. The van der Waals surface area contributed by atoms with Gasteiger partial charge in [-0.05, 0) is 67.3 Å². The van der Waals surface area contributed by atoms with Crippen LogP contribution in [0, 0.1) is 5.92 Å². The highest BCUT2D eigenvalue weighted by atomic mass is 32.2. The third kappa shape index (κ3) is 5.76. The molecule has 8 heteroatoms. The molecule has 2 unspecified atom stereocenters. The van der Waals surface area contributed by atoms with E-state index in [0.29, 0.717) is 30.0 Å². The molecule has 1 aliphatic carbocycles. The number of esters is 1. The van der Waals surface area contributed by atoms with Crippen LogP contribution in [-0.4, -0.2) is 39.6 Å². The molecule has 170 valence electrons. The van der Waals surface area contributed by atoms with E-state index in [4.69, 9.17) is 9.47 Å². The molecule has 0 bridgehead atoms. The lowest BCUT2D eigenvalue weighted by atomic mass is 9.73. The average molecular weight is 458 g/mol. The summed E-state index contributed by atoms with van der Waals surface area (Å²) in [7, 11) is -3.43. The van der Waals surface area contributed by atoms with Gasteiger partial charge in [-0.25, -0.2) is 8.42 Å². The highest BCUT2D eigenvalue weighted by molar-refractivity contribution is 7.92. The Kier molecular flexibility index (Phi) is 7.35. The number of sulfonamides is 1. The summed E-state index contributed by atoms with van der Waals surface area (Å²) in [5.74, 6) is -1.51. The van der Waals surface area contributed by atoms with E-state index in [0.717, 1.165) is 17.4 Å². The maximum absolute atomic E-state index is 13.0. The molecule has 0 saturated carbocycles. The van der Waals surface area contributed by atoms with Gasteiger partial charge in [-0.15, -0.1) is 0 Å². The molecule has 0 spiro atoms. The predicted octanol–water partition coefficient (Wildman–Crippen LogP) is 3.78. The van der Waals surface area contributed by atoms with Crippen LogP contribution >= 0.6 is 0 Å². The summed E-state index contributed by atoms with van der Waals surface area (Å²) in [5.41, 5.74) is 2.68. The fourth-order valence-corrected chi connectivity index (χ4v) is 4.43. The fraction of sp³-hybridized carbons (Fsp3) is 0.333. The Balaban J connectivity index is 1.98. The van der Waals surface area contributed by atoms with Crippen LogP contribution in [0.4, 0.5) is 5.69 Å². The number of allylic oxidation sites excluding steroid dienone is 2. The molecule has 0 saturated heterocycles. The van der Waals surface area contributed by atoms with Crippen molar-refractivity contribution in [1.29, 1.82) is 0 Å². The Hall–Kier alpha value is -3.13. The number of anilines is 1. The van der Waals surface area contributed by atoms with Crippen LogP contribution < -0.4 is 9.46 Å². The number of ether oxygens (including phenoxy) is 2. The summed E-state index contributed by atoms with van der Waals surface area (Å²) < 4.78 is 36.3. The number of carbonyl (C=O) groups is 2. The van der Waals surface area contributed by atoms with Gasteiger partial charge in [0.05, 0.1) is 19.5 Å². The highest BCUT2D eigenvalue weighted by Gasteiger charge is 2.39. The molecule has 0 aromatic heterocycles. The first-order valence-corrected chi connectivity index (χ1v) is 12.3. The number of hydrogen-bond donors (Lipinski definition) is 1. The Labute approximate surface area is 188 Å². The fourth-order valence-electron chi connectivity index (χ4n) is 3.87. The number of rotatable bonds is 8. The van der Waals surface area contributed by atoms with Gasteiger partial charge in [0, 0.05) is 11.6 Å². The first kappa shape index (κ1) is 23.5. The predicted molar refractivity (Wildman–Crippen MR) is 123 cm³/mol. The van der Waals surface area contributed by atoms with E-state index in [1.165, 1.54) is 6.08 Å². The summed E-state index contributed by atoms with van der Waals surface area (Å²) >= 11 is 0. The summed E-state index contributed by atoms with van der Waals surface area (Å²) in [5, 5.41) is 0. The van der Waals surface area contributed by atoms with Crippen LogP contribution in [0.3, 0.4) is 0 Å². The van der Waals surface area contributed by atoms with Crippen LogP contribution in [-0.2, 0) is 24.3 Å². The van der Waals surface area contributed by atoms with E-state index in [1.807, 2.05) is 37.3 Å². The van der Waals surface area contributed by atoms with E-state index in [2.05, 4.69) is 4.72 Å². The number of hydrogen-bond acceptors (Lipinski definition) is 6.